The van der Waals surface area contributed by atoms with Gasteiger partial charge in [-0.3, -0.25) is 19.0 Å². The summed E-state index contributed by atoms with van der Waals surface area (Å²) >= 11 is 1.22. The summed E-state index contributed by atoms with van der Waals surface area (Å²) in [7, 11) is 1.57. The average Bonchev–Trinajstić information content (AvgIpc) is 2.77. The average molecular weight is 468 g/mol. The Bertz CT molecular complexity index is 1250. The molecule has 0 unspecified atom stereocenters. The number of fused-ring (bicyclic) bond motifs is 1. The van der Waals surface area contributed by atoms with Crippen LogP contribution in [0.25, 0.3) is 10.9 Å². The van der Waals surface area contributed by atoms with Crippen LogP contribution in [0.2, 0.25) is 0 Å². The van der Waals surface area contributed by atoms with E-state index in [9.17, 15) is 14.4 Å². The van der Waals surface area contributed by atoms with E-state index < -0.39 is 0 Å². The summed E-state index contributed by atoms with van der Waals surface area (Å²) in [5.74, 6) is -0.113. The van der Waals surface area contributed by atoms with Crippen molar-refractivity contribution in [1.82, 2.24) is 14.9 Å². The van der Waals surface area contributed by atoms with Crippen LogP contribution in [-0.4, -0.2) is 46.8 Å². The quantitative estimate of drug-likeness (QED) is 0.293. The minimum Gasteiger partial charge on any atom is -0.383 e. The van der Waals surface area contributed by atoms with Crippen LogP contribution in [0.1, 0.15) is 45.7 Å². The van der Waals surface area contributed by atoms with Crippen molar-refractivity contribution in [2.75, 3.05) is 19.5 Å². The lowest BCUT2D eigenvalue weighted by molar-refractivity contribution is 0.0942. The van der Waals surface area contributed by atoms with Gasteiger partial charge in [0.25, 0.3) is 11.5 Å². The van der Waals surface area contributed by atoms with Crippen molar-refractivity contribution in [2.45, 2.75) is 45.4 Å². The molecule has 8 heteroatoms. The van der Waals surface area contributed by atoms with E-state index in [1.165, 1.54) is 16.3 Å². The molecule has 0 aliphatic rings. The molecular formula is C25H29N3O4S. The summed E-state index contributed by atoms with van der Waals surface area (Å²) in [5.41, 5.74) is 3.22. The number of hydrogen-bond donors (Lipinski definition) is 1. The van der Waals surface area contributed by atoms with Gasteiger partial charge in [-0.2, -0.15) is 0 Å². The standard InChI is InChI=1S/C25H29N3O4S/c1-15(2)26-23(30)18-8-9-19-21(13-18)27-25(28(24(19)31)10-11-32-5)33-14-22(29)20-12-16(3)6-7-17(20)4/h6-9,12-13,15H,10-11,14H2,1-5H3,(H,26,30). The smallest absolute Gasteiger partial charge is 0.262 e. The molecule has 0 radical (unpaired) electrons. The summed E-state index contributed by atoms with van der Waals surface area (Å²) in [4.78, 5) is 43.2. The number of nitrogens with one attached hydrogen (secondary N) is 1. The number of benzene rings is 2. The summed E-state index contributed by atoms with van der Waals surface area (Å²) in [6.07, 6.45) is 0. The van der Waals surface area contributed by atoms with E-state index in [1.807, 2.05) is 45.9 Å². The highest BCUT2D eigenvalue weighted by atomic mass is 32.2. The number of rotatable bonds is 9. The molecule has 3 rings (SSSR count). The van der Waals surface area contributed by atoms with Crippen LogP contribution in [-0.2, 0) is 11.3 Å². The van der Waals surface area contributed by atoms with Crippen molar-refractivity contribution in [1.29, 1.82) is 0 Å². The SMILES string of the molecule is COCCn1c(SCC(=O)c2cc(C)ccc2C)nc2cc(C(=O)NC(C)C)ccc2c1=O. The van der Waals surface area contributed by atoms with E-state index in [2.05, 4.69) is 10.3 Å². The molecule has 3 aromatic rings. The van der Waals surface area contributed by atoms with Gasteiger partial charge in [-0.15, -0.1) is 0 Å². The number of carbonyl (C=O) groups is 2. The Morgan fingerprint density at radius 1 is 1.15 bits per heavy atom. The van der Waals surface area contributed by atoms with Gasteiger partial charge in [-0.25, -0.2) is 4.98 Å². The zero-order valence-corrected chi connectivity index (χ0v) is 20.4. The molecule has 0 aliphatic heterocycles. The Balaban J connectivity index is 1.98. The second kappa shape index (κ2) is 10.8. The number of aromatic nitrogens is 2. The molecule has 174 valence electrons. The van der Waals surface area contributed by atoms with Crippen molar-refractivity contribution in [3.63, 3.8) is 0 Å². The summed E-state index contributed by atoms with van der Waals surface area (Å²) in [5, 5.41) is 3.68. The van der Waals surface area contributed by atoms with E-state index in [0.29, 0.717) is 40.3 Å². The maximum atomic E-state index is 13.2. The third-order valence-electron chi connectivity index (χ3n) is 5.15. The molecule has 1 heterocycles. The van der Waals surface area contributed by atoms with Gasteiger partial charge in [0.1, 0.15) is 0 Å². The molecule has 1 N–H and O–H groups in total. The monoisotopic (exact) mass is 467 g/mol. The van der Waals surface area contributed by atoms with Gasteiger partial charge in [0, 0.05) is 24.3 Å². The molecule has 33 heavy (non-hydrogen) atoms. The number of Topliss-reactive ketones (excluding diaryl/α,β-unsaturated/α-hetero) is 1. The molecule has 0 atom stereocenters. The first-order valence-corrected chi connectivity index (χ1v) is 11.8. The van der Waals surface area contributed by atoms with Gasteiger partial charge in [0.15, 0.2) is 10.9 Å². The van der Waals surface area contributed by atoms with Gasteiger partial charge >= 0.3 is 0 Å². The van der Waals surface area contributed by atoms with Crippen molar-refractivity contribution in [2.24, 2.45) is 0 Å². The third kappa shape index (κ3) is 5.89. The number of carbonyl (C=O) groups excluding carboxylic acids is 2. The lowest BCUT2D eigenvalue weighted by Crippen LogP contribution is -2.30. The number of thioether (sulfide) groups is 1. The maximum Gasteiger partial charge on any atom is 0.262 e. The molecule has 7 nitrogen and oxygen atoms in total. The second-order valence-corrected chi connectivity index (χ2v) is 9.18. The van der Waals surface area contributed by atoms with Crippen LogP contribution in [0, 0.1) is 13.8 Å². The van der Waals surface area contributed by atoms with E-state index >= 15 is 0 Å². The molecule has 2 aromatic carbocycles. The minimum absolute atomic E-state index is 0.00888. The molecule has 0 fully saturated rings. The molecule has 0 spiro atoms. The highest BCUT2D eigenvalue weighted by Crippen LogP contribution is 2.21. The molecule has 0 bridgehead atoms. The highest BCUT2D eigenvalue weighted by molar-refractivity contribution is 7.99. The normalized spacial score (nSPS) is 11.2. The molecule has 0 saturated carbocycles. The Morgan fingerprint density at radius 2 is 1.91 bits per heavy atom. The minimum atomic E-state index is -0.227. The summed E-state index contributed by atoms with van der Waals surface area (Å²) in [6, 6.07) is 10.6. The first kappa shape index (κ1) is 24.7. The van der Waals surface area contributed by atoms with Crippen molar-refractivity contribution < 1.29 is 14.3 Å². The van der Waals surface area contributed by atoms with Gasteiger partial charge < -0.3 is 10.1 Å². The van der Waals surface area contributed by atoms with E-state index in [1.54, 1.807) is 25.3 Å². The molecule has 0 saturated heterocycles. The number of hydrogen-bond acceptors (Lipinski definition) is 6. The number of aryl methyl sites for hydroxylation is 2. The Hall–Kier alpha value is -2.97. The fourth-order valence-corrected chi connectivity index (χ4v) is 4.33. The van der Waals surface area contributed by atoms with Crippen LogP contribution >= 0.6 is 11.8 Å². The molecule has 0 aliphatic carbocycles. The summed E-state index contributed by atoms with van der Waals surface area (Å²) in [6.45, 7) is 8.27. The van der Waals surface area contributed by atoms with E-state index in [4.69, 9.17) is 4.74 Å². The molecule has 1 amide bonds. The zero-order valence-electron chi connectivity index (χ0n) is 19.6. The first-order chi connectivity index (χ1) is 15.7. The van der Waals surface area contributed by atoms with Crippen LogP contribution in [0.5, 0.6) is 0 Å². The largest absolute Gasteiger partial charge is 0.383 e. The fraction of sp³-hybridized carbons (Fsp3) is 0.360. The Kier molecular flexibility index (Phi) is 8.05. The predicted molar refractivity (Wildman–Crippen MR) is 131 cm³/mol. The summed E-state index contributed by atoms with van der Waals surface area (Å²) < 4.78 is 6.69. The lowest BCUT2D eigenvalue weighted by atomic mass is 10.0. The first-order valence-electron chi connectivity index (χ1n) is 10.8. The molecule has 1 aromatic heterocycles. The van der Waals surface area contributed by atoms with Crippen LogP contribution in [0.3, 0.4) is 0 Å². The van der Waals surface area contributed by atoms with Gasteiger partial charge in [-0.1, -0.05) is 29.5 Å². The number of ketones is 1. The van der Waals surface area contributed by atoms with Crippen molar-refractivity contribution in [3.05, 3.63) is 69.0 Å². The Labute approximate surface area is 197 Å². The number of nitrogens with zero attached hydrogens (tertiary/aromatic N) is 2. The van der Waals surface area contributed by atoms with Crippen molar-refractivity contribution in [3.8, 4) is 0 Å². The van der Waals surface area contributed by atoms with Crippen LogP contribution < -0.4 is 10.9 Å². The van der Waals surface area contributed by atoms with Crippen LogP contribution in [0.15, 0.2) is 46.3 Å². The van der Waals surface area contributed by atoms with Crippen LogP contribution in [0.4, 0.5) is 0 Å². The van der Waals surface area contributed by atoms with E-state index in [0.717, 1.165) is 11.1 Å². The van der Waals surface area contributed by atoms with E-state index in [-0.39, 0.29) is 29.0 Å². The highest BCUT2D eigenvalue weighted by Gasteiger charge is 2.17. The van der Waals surface area contributed by atoms with Gasteiger partial charge in [0.05, 0.1) is 29.8 Å². The Morgan fingerprint density at radius 3 is 2.61 bits per heavy atom. The lowest BCUT2D eigenvalue weighted by Gasteiger charge is -2.14. The number of ether oxygens (including phenoxy) is 1. The second-order valence-electron chi connectivity index (χ2n) is 8.23. The van der Waals surface area contributed by atoms with Gasteiger partial charge in [-0.05, 0) is 57.5 Å². The maximum absolute atomic E-state index is 13.2. The topological polar surface area (TPSA) is 90.3 Å². The predicted octanol–water partition coefficient (Wildman–Crippen LogP) is 3.77. The molecular weight excluding hydrogens is 438 g/mol. The zero-order chi connectivity index (χ0) is 24.1. The van der Waals surface area contributed by atoms with Gasteiger partial charge in [0.2, 0.25) is 0 Å². The third-order valence-corrected chi connectivity index (χ3v) is 6.12. The fourth-order valence-electron chi connectivity index (χ4n) is 3.42. The van der Waals surface area contributed by atoms with Crippen molar-refractivity contribution >= 4 is 34.4 Å². The number of amides is 1. The number of methoxy groups -OCH3 is 1.